The summed E-state index contributed by atoms with van der Waals surface area (Å²) in [6.07, 6.45) is 0.137. The van der Waals surface area contributed by atoms with E-state index in [1.807, 2.05) is 5.38 Å². The molecular weight excluding hydrogens is 316 g/mol. The van der Waals surface area contributed by atoms with Crippen LogP contribution in [0.3, 0.4) is 0 Å². The lowest BCUT2D eigenvalue weighted by molar-refractivity contribution is -0.116. The molecule has 2 aromatic rings. The average Bonchev–Trinajstić information content (AvgIpc) is 3.08. The quantitative estimate of drug-likeness (QED) is 0.795. The standard InChI is InChI=1S/C16H16N2O4S/c1-22-16(21)11-3-2-4-13(9-11)18-14(19)5-7-17-15(20)12-6-8-23-10-12/h2-4,6,8-10H,5,7H2,1H3,(H,17,20)(H,18,19). The topological polar surface area (TPSA) is 84.5 Å². The van der Waals surface area contributed by atoms with Gasteiger partial charge >= 0.3 is 5.97 Å². The van der Waals surface area contributed by atoms with Gasteiger partial charge in [0.1, 0.15) is 0 Å². The number of hydrogen-bond acceptors (Lipinski definition) is 5. The predicted molar refractivity (Wildman–Crippen MR) is 87.7 cm³/mol. The molecule has 0 aliphatic heterocycles. The molecule has 1 aromatic heterocycles. The van der Waals surface area contributed by atoms with Crippen molar-refractivity contribution >= 4 is 34.8 Å². The molecule has 2 amide bonds. The van der Waals surface area contributed by atoms with Crippen LogP contribution in [0.2, 0.25) is 0 Å². The maximum absolute atomic E-state index is 11.9. The fraction of sp³-hybridized carbons (Fsp3) is 0.188. The zero-order valence-electron chi connectivity index (χ0n) is 12.5. The molecule has 120 valence electrons. The lowest BCUT2D eigenvalue weighted by Crippen LogP contribution is -2.27. The third kappa shape index (κ3) is 4.93. The van der Waals surface area contributed by atoms with E-state index in [1.165, 1.54) is 24.5 Å². The lowest BCUT2D eigenvalue weighted by Gasteiger charge is -2.07. The summed E-state index contributed by atoms with van der Waals surface area (Å²) in [5.74, 6) is -0.923. The minimum absolute atomic E-state index is 0.137. The van der Waals surface area contributed by atoms with Crippen molar-refractivity contribution in [2.75, 3.05) is 19.0 Å². The Hall–Kier alpha value is -2.67. The summed E-state index contributed by atoms with van der Waals surface area (Å²) >= 11 is 1.44. The maximum Gasteiger partial charge on any atom is 0.337 e. The molecule has 0 saturated heterocycles. The van der Waals surface area contributed by atoms with Gasteiger partial charge in [-0.25, -0.2) is 4.79 Å². The number of hydrogen-bond donors (Lipinski definition) is 2. The Balaban J connectivity index is 1.81. The van der Waals surface area contributed by atoms with Gasteiger partial charge in [-0.1, -0.05) is 6.07 Å². The number of esters is 1. The van der Waals surface area contributed by atoms with Crippen molar-refractivity contribution in [2.24, 2.45) is 0 Å². The minimum Gasteiger partial charge on any atom is -0.465 e. The van der Waals surface area contributed by atoms with Gasteiger partial charge in [-0.05, 0) is 29.6 Å². The van der Waals surface area contributed by atoms with E-state index in [1.54, 1.807) is 29.6 Å². The van der Waals surface area contributed by atoms with Crippen LogP contribution >= 0.6 is 11.3 Å². The number of rotatable bonds is 6. The number of methoxy groups -OCH3 is 1. The van der Waals surface area contributed by atoms with Gasteiger partial charge in [0.25, 0.3) is 5.91 Å². The van der Waals surface area contributed by atoms with Crippen LogP contribution in [0.5, 0.6) is 0 Å². The van der Waals surface area contributed by atoms with E-state index in [0.717, 1.165) is 0 Å². The van der Waals surface area contributed by atoms with Gasteiger partial charge in [-0.3, -0.25) is 9.59 Å². The zero-order chi connectivity index (χ0) is 16.7. The third-order valence-corrected chi connectivity index (χ3v) is 3.67. The summed E-state index contributed by atoms with van der Waals surface area (Å²) in [5.41, 5.74) is 1.44. The van der Waals surface area contributed by atoms with E-state index in [0.29, 0.717) is 16.8 Å². The smallest absolute Gasteiger partial charge is 0.337 e. The molecule has 0 unspecified atom stereocenters. The number of ether oxygens (including phenoxy) is 1. The number of amides is 2. The minimum atomic E-state index is -0.468. The molecule has 0 atom stereocenters. The van der Waals surface area contributed by atoms with Crippen LogP contribution in [0.25, 0.3) is 0 Å². The number of nitrogens with one attached hydrogen (secondary N) is 2. The Morgan fingerprint density at radius 1 is 1.17 bits per heavy atom. The van der Waals surface area contributed by atoms with Gasteiger partial charge in [0.2, 0.25) is 5.91 Å². The third-order valence-electron chi connectivity index (χ3n) is 2.99. The van der Waals surface area contributed by atoms with Crippen LogP contribution in [-0.2, 0) is 9.53 Å². The number of carbonyl (C=O) groups excluding carboxylic acids is 3. The fourth-order valence-electron chi connectivity index (χ4n) is 1.85. The van der Waals surface area contributed by atoms with Crippen LogP contribution < -0.4 is 10.6 Å². The molecule has 0 aliphatic rings. The summed E-state index contributed by atoms with van der Waals surface area (Å²) in [6.45, 7) is 0.233. The van der Waals surface area contributed by atoms with E-state index >= 15 is 0 Å². The van der Waals surface area contributed by atoms with Crippen LogP contribution in [-0.4, -0.2) is 31.4 Å². The molecule has 6 nitrogen and oxygen atoms in total. The van der Waals surface area contributed by atoms with Crippen molar-refractivity contribution in [3.05, 3.63) is 52.2 Å². The highest BCUT2D eigenvalue weighted by molar-refractivity contribution is 7.08. The second kappa shape index (κ2) is 8.09. The second-order valence-corrected chi connectivity index (χ2v) is 5.42. The van der Waals surface area contributed by atoms with E-state index < -0.39 is 5.97 Å². The molecule has 0 radical (unpaired) electrons. The predicted octanol–water partition coefficient (Wildman–Crippen LogP) is 2.29. The Labute approximate surface area is 137 Å². The van der Waals surface area contributed by atoms with Crippen molar-refractivity contribution in [1.82, 2.24) is 5.32 Å². The molecule has 1 heterocycles. The number of benzene rings is 1. The first kappa shape index (κ1) is 16.7. The molecule has 0 saturated carbocycles. The molecule has 0 spiro atoms. The van der Waals surface area contributed by atoms with Gasteiger partial charge in [0, 0.05) is 29.6 Å². The molecule has 2 N–H and O–H groups in total. The van der Waals surface area contributed by atoms with E-state index in [2.05, 4.69) is 15.4 Å². The van der Waals surface area contributed by atoms with E-state index in [4.69, 9.17) is 0 Å². The van der Waals surface area contributed by atoms with Crippen LogP contribution in [0, 0.1) is 0 Å². The van der Waals surface area contributed by atoms with Gasteiger partial charge in [-0.15, -0.1) is 0 Å². The lowest BCUT2D eigenvalue weighted by atomic mass is 10.2. The highest BCUT2D eigenvalue weighted by Crippen LogP contribution is 2.12. The highest BCUT2D eigenvalue weighted by atomic mass is 32.1. The Kier molecular flexibility index (Phi) is 5.87. The monoisotopic (exact) mass is 332 g/mol. The summed E-state index contributed by atoms with van der Waals surface area (Å²) in [4.78, 5) is 35.0. The fourth-order valence-corrected chi connectivity index (χ4v) is 2.49. The van der Waals surface area contributed by atoms with Crippen LogP contribution in [0.1, 0.15) is 27.1 Å². The van der Waals surface area contributed by atoms with Gasteiger partial charge in [-0.2, -0.15) is 11.3 Å². The first-order valence-electron chi connectivity index (χ1n) is 6.89. The number of thiophene rings is 1. The molecular formula is C16H16N2O4S. The highest BCUT2D eigenvalue weighted by Gasteiger charge is 2.09. The first-order valence-corrected chi connectivity index (χ1v) is 7.83. The molecule has 0 aliphatic carbocycles. The van der Waals surface area contributed by atoms with Crippen LogP contribution in [0.4, 0.5) is 5.69 Å². The Morgan fingerprint density at radius 2 is 2.00 bits per heavy atom. The first-order chi connectivity index (χ1) is 11.1. The SMILES string of the molecule is COC(=O)c1cccc(NC(=O)CCNC(=O)c2ccsc2)c1. The van der Waals surface area contributed by atoms with E-state index in [9.17, 15) is 14.4 Å². The molecule has 23 heavy (non-hydrogen) atoms. The van der Waals surface area contributed by atoms with Gasteiger partial charge < -0.3 is 15.4 Å². The summed E-state index contributed by atoms with van der Waals surface area (Å²) in [7, 11) is 1.30. The van der Waals surface area contributed by atoms with E-state index in [-0.39, 0.29) is 24.8 Å². The number of carbonyl (C=O) groups is 3. The van der Waals surface area contributed by atoms with Crippen LogP contribution in [0.15, 0.2) is 41.1 Å². The molecule has 1 aromatic carbocycles. The Morgan fingerprint density at radius 3 is 2.70 bits per heavy atom. The largest absolute Gasteiger partial charge is 0.465 e. The molecule has 0 fully saturated rings. The van der Waals surface area contributed by atoms with Crippen molar-refractivity contribution in [3.63, 3.8) is 0 Å². The zero-order valence-corrected chi connectivity index (χ0v) is 13.3. The second-order valence-electron chi connectivity index (χ2n) is 4.64. The van der Waals surface area contributed by atoms with Gasteiger partial charge in [0.05, 0.1) is 12.7 Å². The molecule has 0 bridgehead atoms. The van der Waals surface area contributed by atoms with Crippen molar-refractivity contribution in [3.8, 4) is 0 Å². The summed E-state index contributed by atoms with van der Waals surface area (Å²) < 4.78 is 4.62. The average molecular weight is 332 g/mol. The Bertz CT molecular complexity index is 698. The van der Waals surface area contributed by atoms with Gasteiger partial charge in [0.15, 0.2) is 0 Å². The molecule has 7 heteroatoms. The summed E-state index contributed by atoms with van der Waals surface area (Å²) in [6, 6.07) is 8.18. The van der Waals surface area contributed by atoms with Crippen molar-refractivity contribution < 1.29 is 19.1 Å². The summed E-state index contributed by atoms with van der Waals surface area (Å²) in [5, 5.41) is 8.91. The molecule has 2 rings (SSSR count). The number of anilines is 1. The normalized spacial score (nSPS) is 9.96. The van der Waals surface area contributed by atoms with Crippen molar-refractivity contribution in [1.29, 1.82) is 0 Å². The van der Waals surface area contributed by atoms with Crippen molar-refractivity contribution in [2.45, 2.75) is 6.42 Å². The maximum atomic E-state index is 11.9.